The number of rotatable bonds is 0. The van der Waals surface area contributed by atoms with Crippen molar-refractivity contribution in [3.05, 3.63) is 11.8 Å². The first-order valence-electron chi connectivity index (χ1n) is 2.71. The molecule has 0 atom stereocenters. The molecule has 0 saturated carbocycles. The van der Waals surface area contributed by atoms with Crippen LogP contribution >= 0.6 is 0 Å². The number of amidine groups is 1. The van der Waals surface area contributed by atoms with Crippen molar-refractivity contribution in [2.45, 2.75) is 13.1 Å². The van der Waals surface area contributed by atoms with E-state index in [9.17, 15) is 13.2 Å². The predicted molar refractivity (Wildman–Crippen MR) is 33.1 cm³/mol. The summed E-state index contributed by atoms with van der Waals surface area (Å²) in [5.41, 5.74) is -1.08. The van der Waals surface area contributed by atoms with Crippen LogP contribution in [0.3, 0.4) is 0 Å². The maximum atomic E-state index is 11.8. The molecule has 5 heteroatoms. The summed E-state index contributed by atoms with van der Waals surface area (Å²) >= 11 is 0. The summed E-state index contributed by atoms with van der Waals surface area (Å²) in [6.45, 7) is 1.36. The molecule has 0 amide bonds. The van der Waals surface area contributed by atoms with Gasteiger partial charge in [0.1, 0.15) is 6.08 Å². The molecule has 0 aromatic heterocycles. The van der Waals surface area contributed by atoms with Crippen LogP contribution in [0.15, 0.2) is 10.7 Å². The van der Waals surface area contributed by atoms with Crippen molar-refractivity contribution in [2.75, 3.05) is 0 Å². The maximum absolute atomic E-state index is 11.8. The molecule has 2 nitrogen and oxygen atoms in total. The lowest BCUT2D eigenvalue weighted by molar-refractivity contribution is -0.0927. The van der Waals surface area contributed by atoms with Crippen molar-refractivity contribution in [3.8, 4) is 0 Å². The average Bonchev–Trinajstić information content (AvgIpc) is 1.86. The first-order chi connectivity index (χ1) is 5.00. The van der Waals surface area contributed by atoms with Crippen LogP contribution in [0.5, 0.6) is 0 Å². The van der Waals surface area contributed by atoms with Gasteiger partial charge in [0.25, 0.3) is 5.70 Å². The van der Waals surface area contributed by atoms with Crippen LogP contribution in [0.4, 0.5) is 13.2 Å². The summed E-state index contributed by atoms with van der Waals surface area (Å²) < 4.78 is 35.5. The van der Waals surface area contributed by atoms with E-state index in [1.54, 1.807) is 6.08 Å². The number of nitrogens with zero attached hydrogens (tertiary/aromatic N) is 2. The molecule has 0 bridgehead atoms. The van der Waals surface area contributed by atoms with Gasteiger partial charge >= 0.3 is 12.0 Å². The van der Waals surface area contributed by atoms with Crippen molar-refractivity contribution in [2.24, 2.45) is 4.99 Å². The molecule has 0 fully saturated rings. The zero-order chi connectivity index (χ0) is 8.48. The lowest BCUT2D eigenvalue weighted by Gasteiger charge is -1.99. The minimum Gasteiger partial charge on any atom is -0.163 e. The van der Waals surface area contributed by atoms with E-state index in [-0.39, 0.29) is 5.84 Å². The van der Waals surface area contributed by atoms with Gasteiger partial charge in [0.2, 0.25) is 6.21 Å². The Bertz CT molecular complexity index is 247. The molecule has 0 aromatic rings. The zero-order valence-corrected chi connectivity index (χ0v) is 5.53. The fourth-order valence-electron chi connectivity index (χ4n) is 0.511. The van der Waals surface area contributed by atoms with Crippen LogP contribution in [-0.2, 0) is 0 Å². The van der Waals surface area contributed by atoms with Gasteiger partial charge in [-0.25, -0.2) is 0 Å². The zero-order valence-electron chi connectivity index (χ0n) is 5.53. The second-order valence-electron chi connectivity index (χ2n) is 1.85. The maximum Gasteiger partial charge on any atom is 0.458 e. The van der Waals surface area contributed by atoms with Crippen LogP contribution in [0.2, 0.25) is 0 Å². The molecule has 0 aromatic carbocycles. The van der Waals surface area contributed by atoms with Gasteiger partial charge in [0.15, 0.2) is 0 Å². The number of allylic oxidation sites excluding steroid dienone is 2. The molecule has 0 aliphatic carbocycles. The van der Waals surface area contributed by atoms with Crippen molar-refractivity contribution in [3.63, 3.8) is 0 Å². The second-order valence-corrected chi connectivity index (χ2v) is 1.85. The van der Waals surface area contributed by atoms with Crippen molar-refractivity contribution in [1.29, 1.82) is 0 Å². The van der Waals surface area contributed by atoms with E-state index in [0.29, 0.717) is 0 Å². The monoisotopic (exact) mass is 160 g/mol. The molecule has 1 aliphatic rings. The van der Waals surface area contributed by atoms with Crippen LogP contribution in [0.1, 0.15) is 6.92 Å². The summed E-state index contributed by atoms with van der Waals surface area (Å²) in [5, 5.41) is 0. The van der Waals surface area contributed by atoms with Crippen molar-refractivity contribution < 1.29 is 13.2 Å². The van der Waals surface area contributed by atoms with Crippen molar-refractivity contribution >= 4 is 12.1 Å². The highest BCUT2D eigenvalue weighted by atomic mass is 19.4. The van der Waals surface area contributed by atoms with E-state index in [1.807, 2.05) is 6.21 Å². The van der Waals surface area contributed by atoms with E-state index < -0.39 is 11.9 Å². The summed E-state index contributed by atoms with van der Waals surface area (Å²) in [4.78, 5) is 6.48. The van der Waals surface area contributed by atoms with Crippen LogP contribution in [-0.4, -0.2) is 18.2 Å². The molecular weight excluding hydrogens is 157 g/mol. The van der Waals surface area contributed by atoms with E-state index in [4.69, 9.17) is 0 Å². The number of hydrogen-bond acceptors (Lipinski definition) is 2. The average molecular weight is 160 g/mol. The highest BCUT2D eigenvalue weighted by Crippen LogP contribution is 2.26. The Morgan fingerprint density at radius 2 is 2.09 bits per heavy atom. The van der Waals surface area contributed by atoms with Gasteiger partial charge in [-0.05, 0) is 9.98 Å². The summed E-state index contributed by atoms with van der Waals surface area (Å²) in [6, 6.07) is 0. The standard InChI is InChI=1S/C6H3F3N2/c1-4-10-3-2-5(11-4)6(7,8)9/h1H3/q+1. The molecule has 57 valence electrons. The number of aliphatic imine (C=N–C) groups is 2. The van der Waals surface area contributed by atoms with Gasteiger partial charge in [0, 0.05) is 6.92 Å². The molecule has 0 saturated heterocycles. The van der Waals surface area contributed by atoms with Gasteiger partial charge < -0.3 is 0 Å². The first-order valence-corrected chi connectivity index (χ1v) is 2.71. The summed E-state index contributed by atoms with van der Waals surface area (Å²) in [5.74, 6) is 0.0380. The third kappa shape index (κ3) is 1.89. The lowest BCUT2D eigenvalue weighted by atomic mass is 10.4. The SMILES string of the molecule is CC1=NC(C(F)(F)F)=[C][C]=[N+]1. The Kier molecular flexibility index (Phi) is 1.80. The third-order valence-corrected chi connectivity index (χ3v) is 0.934. The molecule has 3 radical (unpaired) electrons. The third-order valence-electron chi connectivity index (χ3n) is 0.934. The summed E-state index contributed by atoms with van der Waals surface area (Å²) in [6.07, 6.45) is -0.699. The number of alkyl halides is 3. The Labute approximate surface area is 61.2 Å². The number of hydrogen-bond donors (Lipinski definition) is 0. The fraction of sp³-hybridized carbons (Fsp3) is 0.333. The second kappa shape index (κ2) is 2.48. The number of halogens is 3. The normalized spacial score (nSPS) is 17.8. The van der Waals surface area contributed by atoms with Crippen LogP contribution in [0.25, 0.3) is 0 Å². The molecule has 0 spiro atoms. The van der Waals surface area contributed by atoms with E-state index in [0.717, 1.165) is 0 Å². The Morgan fingerprint density at radius 1 is 1.45 bits per heavy atom. The van der Waals surface area contributed by atoms with Crippen molar-refractivity contribution in [1.82, 2.24) is 4.99 Å². The highest BCUT2D eigenvalue weighted by molar-refractivity contribution is 5.90. The molecule has 0 unspecified atom stereocenters. The van der Waals surface area contributed by atoms with Gasteiger partial charge in [-0.1, -0.05) is 0 Å². The minimum atomic E-state index is -4.45. The van der Waals surface area contributed by atoms with E-state index >= 15 is 0 Å². The van der Waals surface area contributed by atoms with Gasteiger partial charge in [-0.3, -0.25) is 0 Å². The van der Waals surface area contributed by atoms with Gasteiger partial charge in [-0.2, -0.15) is 13.2 Å². The highest BCUT2D eigenvalue weighted by Gasteiger charge is 2.40. The molecule has 11 heavy (non-hydrogen) atoms. The van der Waals surface area contributed by atoms with Gasteiger partial charge in [-0.15, -0.1) is 0 Å². The quantitative estimate of drug-likeness (QED) is 0.504. The Hall–Kier alpha value is -1.13. The fourth-order valence-corrected chi connectivity index (χ4v) is 0.511. The molecular formula is C6H3F3N2+. The topological polar surface area (TPSA) is 26.5 Å². The Morgan fingerprint density at radius 3 is 2.45 bits per heavy atom. The first kappa shape index (κ1) is 7.97. The van der Waals surface area contributed by atoms with Crippen LogP contribution < -0.4 is 4.99 Å². The largest absolute Gasteiger partial charge is 0.458 e. The molecule has 1 aliphatic heterocycles. The van der Waals surface area contributed by atoms with E-state index in [1.165, 1.54) is 6.92 Å². The molecule has 1 rings (SSSR count). The van der Waals surface area contributed by atoms with Crippen LogP contribution in [0, 0.1) is 6.08 Å². The smallest absolute Gasteiger partial charge is 0.163 e. The lowest BCUT2D eigenvalue weighted by Crippen LogP contribution is -2.17. The summed E-state index contributed by atoms with van der Waals surface area (Å²) in [7, 11) is 0. The molecule has 0 N–H and O–H groups in total. The van der Waals surface area contributed by atoms with E-state index in [2.05, 4.69) is 9.98 Å². The molecule has 1 heterocycles. The predicted octanol–water partition coefficient (Wildman–Crippen LogP) is 0.951. The Balaban J connectivity index is 2.93. The minimum absolute atomic E-state index is 0.0380. The van der Waals surface area contributed by atoms with Gasteiger partial charge in [0.05, 0.1) is 0 Å².